The van der Waals surface area contributed by atoms with Gasteiger partial charge in [-0.05, 0) is 6.42 Å². The zero-order chi connectivity index (χ0) is 14.5. The van der Waals surface area contributed by atoms with E-state index < -0.39 is 0 Å². The Kier molecular flexibility index (Phi) is 16.0. The minimum atomic E-state index is -0.0373. The van der Waals surface area contributed by atoms with Gasteiger partial charge < -0.3 is 25.0 Å². The van der Waals surface area contributed by atoms with Crippen LogP contribution in [0.25, 0.3) is 0 Å². The maximum Gasteiger partial charge on any atom is 0.243 e. The second-order valence-electron chi connectivity index (χ2n) is 4.15. The van der Waals surface area contributed by atoms with Crippen molar-refractivity contribution in [1.29, 1.82) is 0 Å². The van der Waals surface area contributed by atoms with Crippen LogP contribution in [-0.4, -0.2) is 77.9 Å². The Morgan fingerprint density at radius 2 is 1.70 bits per heavy atom. The minimum absolute atomic E-state index is 0. The molecule has 8 heteroatoms. The number of carbonyl (C=O) groups excluding carboxylic acids is 1. The summed E-state index contributed by atoms with van der Waals surface area (Å²) in [6.07, 6.45) is 0.878. The van der Waals surface area contributed by atoms with Crippen molar-refractivity contribution in [1.82, 2.24) is 15.5 Å². The van der Waals surface area contributed by atoms with Crippen LogP contribution >= 0.6 is 24.0 Å². The van der Waals surface area contributed by atoms with Gasteiger partial charge in [-0.15, -0.1) is 24.0 Å². The maximum atomic E-state index is 11.5. The average Bonchev–Trinajstić information content (AvgIpc) is 2.39. The quantitative estimate of drug-likeness (QED) is 0.244. The molecule has 0 aromatic carbocycles. The number of guanidine groups is 1. The highest BCUT2D eigenvalue weighted by atomic mass is 127. The molecule has 0 unspecified atom stereocenters. The van der Waals surface area contributed by atoms with Crippen LogP contribution in [0, 0.1) is 0 Å². The number of carbonyl (C=O) groups is 1. The molecule has 2 N–H and O–H groups in total. The number of aliphatic imine (C=N–C) groups is 1. The zero-order valence-corrected chi connectivity index (χ0v) is 15.1. The Balaban J connectivity index is 0. The largest absolute Gasteiger partial charge is 0.385 e. The van der Waals surface area contributed by atoms with Gasteiger partial charge in [-0.2, -0.15) is 0 Å². The van der Waals surface area contributed by atoms with Crippen LogP contribution in [-0.2, 0) is 14.3 Å². The van der Waals surface area contributed by atoms with E-state index in [0.717, 1.165) is 13.0 Å². The molecule has 1 amide bonds. The molecule has 120 valence electrons. The topological polar surface area (TPSA) is 75.2 Å². The molecular weight excluding hydrogens is 375 g/mol. The van der Waals surface area contributed by atoms with Crippen molar-refractivity contribution in [2.24, 2.45) is 4.99 Å². The Morgan fingerprint density at radius 3 is 2.25 bits per heavy atom. The normalized spacial score (nSPS) is 10.7. The molecule has 7 nitrogen and oxygen atoms in total. The fourth-order valence-electron chi connectivity index (χ4n) is 1.16. The molecule has 0 aromatic rings. The van der Waals surface area contributed by atoms with E-state index >= 15 is 0 Å². The Labute approximate surface area is 138 Å². The van der Waals surface area contributed by atoms with Gasteiger partial charge in [0.1, 0.15) is 6.54 Å². The van der Waals surface area contributed by atoms with Crippen LogP contribution in [0.3, 0.4) is 0 Å². The minimum Gasteiger partial charge on any atom is -0.385 e. The van der Waals surface area contributed by atoms with Gasteiger partial charge in [0.05, 0.1) is 6.61 Å². The molecule has 0 aromatic heterocycles. The first-order valence-electron chi connectivity index (χ1n) is 6.32. The van der Waals surface area contributed by atoms with Gasteiger partial charge in [0, 0.05) is 48.0 Å². The first-order chi connectivity index (χ1) is 9.11. The van der Waals surface area contributed by atoms with E-state index in [9.17, 15) is 4.79 Å². The van der Waals surface area contributed by atoms with E-state index in [2.05, 4.69) is 15.6 Å². The van der Waals surface area contributed by atoms with Crippen molar-refractivity contribution in [3.8, 4) is 0 Å². The molecule has 20 heavy (non-hydrogen) atoms. The molecule has 0 rings (SSSR count). The number of nitrogens with one attached hydrogen (secondary N) is 2. The number of methoxy groups -OCH3 is 2. The van der Waals surface area contributed by atoms with Gasteiger partial charge in [0.25, 0.3) is 0 Å². The van der Waals surface area contributed by atoms with E-state index in [-0.39, 0.29) is 36.4 Å². The van der Waals surface area contributed by atoms with Crippen LogP contribution in [0.2, 0.25) is 0 Å². The van der Waals surface area contributed by atoms with Crippen LogP contribution < -0.4 is 10.6 Å². The molecule has 0 radical (unpaired) electrons. The van der Waals surface area contributed by atoms with E-state index in [1.807, 2.05) is 0 Å². The van der Waals surface area contributed by atoms with Gasteiger partial charge in [0.15, 0.2) is 5.96 Å². The standard InChI is InChI=1S/C12H26N4O3.HI/c1-16(2)11(17)10-15-12(14-7-9-19-4)13-6-5-8-18-3;/h5-10H2,1-4H3,(H2,13,14,15);1H. The van der Waals surface area contributed by atoms with Crippen molar-refractivity contribution >= 4 is 35.8 Å². The third-order valence-electron chi connectivity index (χ3n) is 2.29. The molecule has 0 aliphatic rings. The number of halogens is 1. The van der Waals surface area contributed by atoms with Gasteiger partial charge in [-0.25, -0.2) is 4.99 Å². The number of nitrogens with zero attached hydrogens (tertiary/aromatic N) is 2. The third kappa shape index (κ3) is 12.4. The lowest BCUT2D eigenvalue weighted by Gasteiger charge is -2.13. The lowest BCUT2D eigenvalue weighted by atomic mass is 10.4. The van der Waals surface area contributed by atoms with Crippen molar-refractivity contribution < 1.29 is 14.3 Å². The second-order valence-corrected chi connectivity index (χ2v) is 4.15. The fraction of sp³-hybridized carbons (Fsp3) is 0.833. The summed E-state index contributed by atoms with van der Waals surface area (Å²) in [4.78, 5) is 17.2. The number of hydrogen-bond acceptors (Lipinski definition) is 4. The van der Waals surface area contributed by atoms with E-state index in [0.29, 0.717) is 25.7 Å². The summed E-state index contributed by atoms with van der Waals surface area (Å²) in [5.74, 6) is 0.577. The molecule has 0 heterocycles. The highest BCUT2D eigenvalue weighted by Crippen LogP contribution is 1.83. The molecule has 0 aliphatic heterocycles. The van der Waals surface area contributed by atoms with Crippen molar-refractivity contribution in [2.45, 2.75) is 6.42 Å². The second kappa shape index (κ2) is 14.8. The van der Waals surface area contributed by atoms with Gasteiger partial charge in [0.2, 0.25) is 5.91 Å². The van der Waals surface area contributed by atoms with Gasteiger partial charge in [-0.1, -0.05) is 0 Å². The van der Waals surface area contributed by atoms with Crippen LogP contribution in [0.15, 0.2) is 4.99 Å². The predicted octanol–water partition coefficient (Wildman–Crippen LogP) is -0.0893. The molecule has 0 saturated heterocycles. The summed E-state index contributed by atoms with van der Waals surface area (Å²) in [6, 6.07) is 0. The smallest absolute Gasteiger partial charge is 0.243 e. The highest BCUT2D eigenvalue weighted by Gasteiger charge is 2.04. The predicted molar refractivity (Wildman–Crippen MR) is 90.8 cm³/mol. The monoisotopic (exact) mass is 402 g/mol. The zero-order valence-electron chi connectivity index (χ0n) is 12.8. The van der Waals surface area contributed by atoms with Crippen molar-refractivity contribution in [3.05, 3.63) is 0 Å². The van der Waals surface area contributed by atoms with Crippen molar-refractivity contribution in [2.75, 3.05) is 61.2 Å². The SMILES string of the molecule is COCCCNC(=NCC(=O)N(C)C)NCCOC.I. The van der Waals surface area contributed by atoms with E-state index in [4.69, 9.17) is 9.47 Å². The molecule has 0 bridgehead atoms. The Morgan fingerprint density at radius 1 is 1.10 bits per heavy atom. The lowest BCUT2D eigenvalue weighted by Crippen LogP contribution is -2.40. The van der Waals surface area contributed by atoms with Crippen LogP contribution in [0.1, 0.15) is 6.42 Å². The third-order valence-corrected chi connectivity index (χ3v) is 2.29. The number of ether oxygens (including phenoxy) is 2. The lowest BCUT2D eigenvalue weighted by molar-refractivity contribution is -0.127. The van der Waals surface area contributed by atoms with Crippen LogP contribution in [0.5, 0.6) is 0 Å². The summed E-state index contributed by atoms with van der Waals surface area (Å²) >= 11 is 0. The Bertz CT molecular complexity index is 275. The highest BCUT2D eigenvalue weighted by molar-refractivity contribution is 14.0. The molecular formula is C12H27IN4O3. The average molecular weight is 402 g/mol. The Hall–Kier alpha value is -0.610. The number of hydrogen-bond donors (Lipinski definition) is 2. The van der Waals surface area contributed by atoms with E-state index in [1.165, 1.54) is 4.90 Å². The number of amides is 1. The molecule has 0 fully saturated rings. The first kappa shape index (κ1) is 21.7. The maximum absolute atomic E-state index is 11.5. The molecule has 0 atom stereocenters. The summed E-state index contributed by atoms with van der Waals surface area (Å²) < 4.78 is 9.93. The summed E-state index contributed by atoms with van der Waals surface area (Å²) in [5, 5.41) is 6.23. The summed E-state index contributed by atoms with van der Waals surface area (Å²) in [6.45, 7) is 2.78. The molecule has 0 aliphatic carbocycles. The van der Waals surface area contributed by atoms with Crippen LogP contribution in [0.4, 0.5) is 0 Å². The van der Waals surface area contributed by atoms with Gasteiger partial charge in [-0.3, -0.25) is 4.79 Å². The summed E-state index contributed by atoms with van der Waals surface area (Å²) in [7, 11) is 6.73. The molecule has 0 saturated carbocycles. The molecule has 0 spiro atoms. The first-order valence-corrected chi connectivity index (χ1v) is 6.32. The van der Waals surface area contributed by atoms with Gasteiger partial charge >= 0.3 is 0 Å². The summed E-state index contributed by atoms with van der Waals surface area (Å²) in [5.41, 5.74) is 0. The van der Waals surface area contributed by atoms with Crippen molar-refractivity contribution in [3.63, 3.8) is 0 Å². The fourth-order valence-corrected chi connectivity index (χ4v) is 1.16. The number of rotatable bonds is 9. The van der Waals surface area contributed by atoms with E-state index in [1.54, 1.807) is 28.3 Å². The number of likely N-dealkylation sites (N-methyl/N-ethyl adjacent to an activating group) is 1.